The number of fused-ring (bicyclic) bond motifs is 1. The van der Waals surface area contributed by atoms with Gasteiger partial charge < -0.3 is 4.90 Å². The molecule has 1 aliphatic rings. The first-order valence-corrected chi connectivity index (χ1v) is 10.1. The minimum atomic E-state index is 0.197. The van der Waals surface area contributed by atoms with Crippen LogP contribution in [0.2, 0.25) is 0 Å². The summed E-state index contributed by atoms with van der Waals surface area (Å²) < 4.78 is 2.09. The fraction of sp³-hybridized carbons (Fsp3) is 0.182. The maximum atomic E-state index is 4.65. The highest BCUT2D eigenvalue weighted by molar-refractivity contribution is 7.10. The number of benzene rings is 2. The summed E-state index contributed by atoms with van der Waals surface area (Å²) in [7, 11) is 0. The summed E-state index contributed by atoms with van der Waals surface area (Å²) in [6, 6.07) is 26.1. The molecule has 0 spiro atoms. The Morgan fingerprint density at radius 3 is 2.41 bits per heavy atom. The summed E-state index contributed by atoms with van der Waals surface area (Å²) in [5.74, 6) is 0.942. The first kappa shape index (κ1) is 16.3. The second kappa shape index (κ2) is 7.00. The smallest absolute Gasteiger partial charge is 0.225 e. The maximum Gasteiger partial charge on any atom is 0.225 e. The Balaban J connectivity index is 1.59. The molecule has 2 aromatic carbocycles. The molecule has 27 heavy (non-hydrogen) atoms. The van der Waals surface area contributed by atoms with Gasteiger partial charge >= 0.3 is 0 Å². The second-order valence-corrected chi connectivity index (χ2v) is 7.79. The molecule has 134 valence electrons. The number of hydrogen-bond donors (Lipinski definition) is 0. The minimum absolute atomic E-state index is 0.197. The van der Waals surface area contributed by atoms with Gasteiger partial charge in [-0.25, -0.2) is 4.68 Å². The van der Waals surface area contributed by atoms with E-state index in [1.165, 1.54) is 16.0 Å². The predicted octanol–water partition coefficient (Wildman–Crippen LogP) is 5.08. The quantitative estimate of drug-likeness (QED) is 0.501. The lowest BCUT2D eigenvalue weighted by Crippen LogP contribution is -2.38. The average molecular weight is 372 g/mol. The van der Waals surface area contributed by atoms with Gasteiger partial charge in [-0.05, 0) is 29.0 Å². The average Bonchev–Trinajstić information content (AvgIpc) is 3.42. The fourth-order valence-electron chi connectivity index (χ4n) is 3.91. The lowest BCUT2D eigenvalue weighted by Gasteiger charge is -2.40. The number of thiophene rings is 1. The lowest BCUT2D eigenvalue weighted by molar-refractivity contribution is 0.383. The number of aromatic nitrogens is 3. The molecule has 0 amide bonds. The molecule has 1 aliphatic heterocycles. The molecular formula is C22H20N4S. The zero-order chi connectivity index (χ0) is 18.1. The van der Waals surface area contributed by atoms with Crippen molar-refractivity contribution in [2.45, 2.75) is 25.0 Å². The van der Waals surface area contributed by atoms with Crippen LogP contribution in [0.5, 0.6) is 0 Å². The van der Waals surface area contributed by atoms with Gasteiger partial charge in [-0.15, -0.1) is 11.3 Å². The summed E-state index contributed by atoms with van der Waals surface area (Å²) in [6.07, 6.45) is 2.66. The van der Waals surface area contributed by atoms with Crippen LogP contribution in [0.15, 0.2) is 84.5 Å². The molecule has 0 unspecified atom stereocenters. The van der Waals surface area contributed by atoms with Gasteiger partial charge in [-0.1, -0.05) is 66.7 Å². The first-order valence-electron chi connectivity index (χ1n) is 9.18. The summed E-state index contributed by atoms with van der Waals surface area (Å²) in [5.41, 5.74) is 2.57. The van der Waals surface area contributed by atoms with Gasteiger partial charge in [0.15, 0.2) is 0 Å². The van der Waals surface area contributed by atoms with E-state index in [2.05, 4.69) is 97.8 Å². The van der Waals surface area contributed by atoms with Crippen molar-refractivity contribution in [3.63, 3.8) is 0 Å². The van der Waals surface area contributed by atoms with Crippen molar-refractivity contribution in [3.8, 4) is 0 Å². The molecule has 5 rings (SSSR count). The van der Waals surface area contributed by atoms with Crippen LogP contribution in [0.1, 0.15) is 34.5 Å². The van der Waals surface area contributed by atoms with Crippen LogP contribution in [0, 0.1) is 0 Å². The largest absolute Gasteiger partial charge is 0.329 e. The van der Waals surface area contributed by atoms with E-state index in [1.54, 1.807) is 6.33 Å². The van der Waals surface area contributed by atoms with Gasteiger partial charge in [0, 0.05) is 11.4 Å². The molecule has 0 bridgehead atoms. The van der Waals surface area contributed by atoms with Gasteiger partial charge in [-0.2, -0.15) is 10.1 Å². The normalized spacial score (nSPS) is 19.0. The summed E-state index contributed by atoms with van der Waals surface area (Å²) in [6.45, 7) is 0.823. The molecule has 0 saturated carbocycles. The van der Waals surface area contributed by atoms with Crippen molar-refractivity contribution in [2.75, 3.05) is 4.90 Å². The van der Waals surface area contributed by atoms with Crippen LogP contribution in [0.25, 0.3) is 0 Å². The van der Waals surface area contributed by atoms with Gasteiger partial charge in [-0.3, -0.25) is 0 Å². The van der Waals surface area contributed by atoms with Crippen LogP contribution in [0.3, 0.4) is 0 Å². The standard InChI is InChI=1S/C22H20N4S/c1-3-8-17(9-4-1)15-25-20(21-12-7-13-27-21)14-19(18-10-5-2-6-11-18)26-22(25)23-16-24-26/h1-13,16,19-20H,14-15H2/t19-,20-/m0/s1. The highest BCUT2D eigenvalue weighted by Gasteiger charge is 2.36. The lowest BCUT2D eigenvalue weighted by atomic mass is 9.95. The number of anilines is 1. The van der Waals surface area contributed by atoms with Crippen molar-refractivity contribution in [1.82, 2.24) is 14.8 Å². The Labute approximate surface area is 162 Å². The van der Waals surface area contributed by atoms with Gasteiger partial charge in [0.25, 0.3) is 0 Å². The maximum absolute atomic E-state index is 4.65. The number of nitrogens with zero attached hydrogens (tertiary/aromatic N) is 4. The second-order valence-electron chi connectivity index (χ2n) is 6.81. The number of hydrogen-bond acceptors (Lipinski definition) is 4. The first-order chi connectivity index (χ1) is 13.4. The van der Waals surface area contributed by atoms with Crippen LogP contribution in [-0.4, -0.2) is 14.8 Å². The Morgan fingerprint density at radius 2 is 1.67 bits per heavy atom. The Kier molecular flexibility index (Phi) is 4.22. The van der Waals surface area contributed by atoms with Crippen molar-refractivity contribution in [2.24, 2.45) is 0 Å². The van der Waals surface area contributed by atoms with E-state index in [4.69, 9.17) is 0 Å². The summed E-state index contributed by atoms with van der Waals surface area (Å²) >= 11 is 1.82. The molecule has 0 saturated heterocycles. The summed E-state index contributed by atoms with van der Waals surface area (Å²) in [5, 5.41) is 6.75. The predicted molar refractivity (Wildman–Crippen MR) is 109 cm³/mol. The third-order valence-electron chi connectivity index (χ3n) is 5.18. The van der Waals surface area contributed by atoms with Crippen LogP contribution >= 0.6 is 11.3 Å². The van der Waals surface area contributed by atoms with E-state index in [0.29, 0.717) is 0 Å². The number of rotatable bonds is 4. The minimum Gasteiger partial charge on any atom is -0.329 e. The molecule has 0 N–H and O–H groups in total. The van der Waals surface area contributed by atoms with Crippen LogP contribution < -0.4 is 4.90 Å². The van der Waals surface area contributed by atoms with Crippen molar-refractivity contribution in [1.29, 1.82) is 0 Å². The zero-order valence-electron chi connectivity index (χ0n) is 14.8. The highest BCUT2D eigenvalue weighted by Crippen LogP contribution is 2.43. The SMILES string of the molecule is c1ccc(CN2c3ncnn3[C@H](c3ccccc3)C[C@H]2c2cccs2)cc1. The van der Waals surface area contributed by atoms with E-state index in [-0.39, 0.29) is 12.1 Å². The van der Waals surface area contributed by atoms with Gasteiger partial charge in [0.2, 0.25) is 5.95 Å². The van der Waals surface area contributed by atoms with Gasteiger partial charge in [0.1, 0.15) is 6.33 Å². The molecule has 3 heterocycles. The molecule has 0 fully saturated rings. The molecule has 2 aromatic heterocycles. The van der Waals surface area contributed by atoms with Crippen molar-refractivity contribution in [3.05, 3.63) is 101 Å². The molecule has 4 aromatic rings. The molecule has 2 atom stereocenters. The third kappa shape index (κ3) is 3.04. The monoisotopic (exact) mass is 372 g/mol. The molecule has 5 heteroatoms. The summed E-state index contributed by atoms with van der Waals surface area (Å²) in [4.78, 5) is 8.43. The Hall–Kier alpha value is -2.92. The van der Waals surface area contributed by atoms with Crippen LogP contribution in [0.4, 0.5) is 5.95 Å². The Morgan fingerprint density at radius 1 is 0.889 bits per heavy atom. The topological polar surface area (TPSA) is 34.0 Å². The highest BCUT2D eigenvalue weighted by atomic mass is 32.1. The molecular weight excluding hydrogens is 352 g/mol. The van der Waals surface area contributed by atoms with E-state index in [9.17, 15) is 0 Å². The zero-order valence-corrected chi connectivity index (χ0v) is 15.7. The molecule has 0 radical (unpaired) electrons. The third-order valence-corrected chi connectivity index (χ3v) is 6.15. The molecule has 0 aliphatic carbocycles. The van der Waals surface area contributed by atoms with Crippen molar-refractivity contribution < 1.29 is 0 Å². The van der Waals surface area contributed by atoms with E-state index >= 15 is 0 Å². The molecule has 4 nitrogen and oxygen atoms in total. The van der Waals surface area contributed by atoms with Gasteiger partial charge in [0.05, 0.1) is 12.1 Å². The van der Waals surface area contributed by atoms with Crippen molar-refractivity contribution >= 4 is 17.3 Å². The van der Waals surface area contributed by atoms with Crippen LogP contribution in [-0.2, 0) is 6.54 Å². The van der Waals surface area contributed by atoms with E-state index < -0.39 is 0 Å². The van der Waals surface area contributed by atoms with E-state index in [1.807, 2.05) is 11.3 Å². The fourth-order valence-corrected chi connectivity index (χ4v) is 4.76. The van der Waals surface area contributed by atoms with E-state index in [0.717, 1.165) is 18.9 Å². The Bertz CT molecular complexity index is 995.